The summed E-state index contributed by atoms with van der Waals surface area (Å²) in [5.74, 6) is -1.10. The summed E-state index contributed by atoms with van der Waals surface area (Å²) in [6.07, 6.45) is 0. The highest BCUT2D eigenvalue weighted by molar-refractivity contribution is 5.96. The number of halogens is 1. The zero-order valence-electron chi connectivity index (χ0n) is 8.49. The highest BCUT2D eigenvalue weighted by Gasteiger charge is 2.15. The second kappa shape index (κ2) is 3.73. The van der Waals surface area contributed by atoms with Crippen molar-refractivity contribution in [2.45, 2.75) is 6.92 Å². The van der Waals surface area contributed by atoms with Gasteiger partial charge in [-0.3, -0.25) is 4.79 Å². The Labute approximate surface area is 90.5 Å². The molecule has 0 bridgehead atoms. The molecule has 1 aromatic carbocycles. The summed E-state index contributed by atoms with van der Waals surface area (Å²) >= 11 is 0. The molecule has 0 radical (unpaired) electrons. The number of nitrogens with two attached hydrogens (primary N) is 1. The Morgan fingerprint density at radius 3 is 2.75 bits per heavy atom. The fraction of sp³-hybridized carbons (Fsp3) is 0.100. The molecule has 0 spiro atoms. The lowest BCUT2D eigenvalue weighted by Gasteiger charge is -2.00. The molecule has 0 fully saturated rings. The number of aryl methyl sites for hydroxylation is 1. The van der Waals surface area contributed by atoms with Crippen LogP contribution in [0.25, 0.3) is 11.3 Å². The van der Waals surface area contributed by atoms with Crippen molar-refractivity contribution in [1.82, 2.24) is 15.4 Å². The van der Waals surface area contributed by atoms with Crippen molar-refractivity contribution < 1.29 is 9.18 Å². The molecule has 82 valence electrons. The molecule has 0 aliphatic heterocycles. The third-order valence-electron chi connectivity index (χ3n) is 2.10. The van der Waals surface area contributed by atoms with Crippen LogP contribution in [0.3, 0.4) is 0 Å². The lowest BCUT2D eigenvalue weighted by Crippen LogP contribution is -2.12. The average Bonchev–Trinajstić information content (AvgIpc) is 2.63. The molecule has 0 aliphatic carbocycles. The van der Waals surface area contributed by atoms with Gasteiger partial charge in [0.2, 0.25) is 0 Å². The first-order chi connectivity index (χ1) is 7.58. The second-order valence-electron chi connectivity index (χ2n) is 3.40. The number of amides is 1. The maximum atomic E-state index is 13.2. The summed E-state index contributed by atoms with van der Waals surface area (Å²) in [6, 6.07) is 4.36. The Morgan fingerprint density at radius 2 is 2.12 bits per heavy atom. The average molecular weight is 220 g/mol. The summed E-state index contributed by atoms with van der Waals surface area (Å²) in [7, 11) is 0. The number of benzene rings is 1. The minimum Gasteiger partial charge on any atom is -0.364 e. The second-order valence-corrected chi connectivity index (χ2v) is 3.40. The third kappa shape index (κ3) is 1.77. The molecule has 5 nitrogen and oxygen atoms in total. The van der Waals surface area contributed by atoms with Crippen LogP contribution in [0.4, 0.5) is 4.39 Å². The van der Waals surface area contributed by atoms with Crippen molar-refractivity contribution in [2.75, 3.05) is 0 Å². The lowest BCUT2D eigenvalue weighted by atomic mass is 10.1. The Balaban J connectivity index is 2.58. The van der Waals surface area contributed by atoms with Crippen LogP contribution < -0.4 is 5.73 Å². The fourth-order valence-electron chi connectivity index (χ4n) is 1.48. The molecule has 6 heteroatoms. The number of hydrogen-bond donors (Lipinski definition) is 2. The molecule has 2 aromatic rings. The van der Waals surface area contributed by atoms with Crippen molar-refractivity contribution in [3.63, 3.8) is 0 Å². The largest absolute Gasteiger partial charge is 0.364 e. The lowest BCUT2D eigenvalue weighted by molar-refractivity contribution is 0.0996. The zero-order chi connectivity index (χ0) is 11.7. The Bertz CT molecular complexity index is 529. The monoisotopic (exact) mass is 220 g/mol. The van der Waals surface area contributed by atoms with E-state index in [-0.39, 0.29) is 11.4 Å². The van der Waals surface area contributed by atoms with E-state index in [1.165, 1.54) is 12.1 Å². The number of aromatic nitrogens is 3. The van der Waals surface area contributed by atoms with Gasteiger partial charge in [-0.2, -0.15) is 15.4 Å². The van der Waals surface area contributed by atoms with E-state index in [1.54, 1.807) is 13.0 Å². The highest BCUT2D eigenvalue weighted by Crippen LogP contribution is 2.21. The van der Waals surface area contributed by atoms with Gasteiger partial charge in [-0.1, -0.05) is 0 Å². The number of aromatic amines is 1. The van der Waals surface area contributed by atoms with Gasteiger partial charge >= 0.3 is 0 Å². The number of nitrogens with zero attached hydrogens (tertiary/aromatic N) is 2. The van der Waals surface area contributed by atoms with E-state index in [9.17, 15) is 9.18 Å². The Hall–Kier alpha value is -2.24. The van der Waals surface area contributed by atoms with Crippen molar-refractivity contribution >= 4 is 5.91 Å². The highest BCUT2D eigenvalue weighted by atomic mass is 19.1. The van der Waals surface area contributed by atoms with Crippen molar-refractivity contribution in [1.29, 1.82) is 0 Å². The quantitative estimate of drug-likeness (QED) is 0.792. The molecule has 0 saturated carbocycles. The summed E-state index contributed by atoms with van der Waals surface area (Å²) < 4.78 is 13.2. The van der Waals surface area contributed by atoms with Crippen molar-refractivity contribution in [2.24, 2.45) is 5.73 Å². The van der Waals surface area contributed by atoms with Gasteiger partial charge in [0.1, 0.15) is 11.5 Å². The van der Waals surface area contributed by atoms with Crippen LogP contribution >= 0.6 is 0 Å². The minimum absolute atomic E-state index is 0.00463. The predicted octanol–water partition coefficient (Wildman–Crippen LogP) is 1.02. The summed E-state index contributed by atoms with van der Waals surface area (Å²) in [5, 5.41) is 9.70. The number of carbonyl (C=O) groups excluding carboxylic acids is 1. The van der Waals surface area contributed by atoms with Crippen molar-refractivity contribution in [3.8, 4) is 11.3 Å². The number of hydrogen-bond acceptors (Lipinski definition) is 3. The first-order valence-electron chi connectivity index (χ1n) is 4.56. The molecule has 1 aromatic heterocycles. The molecule has 1 heterocycles. The first kappa shape index (κ1) is 10.3. The van der Waals surface area contributed by atoms with E-state index >= 15 is 0 Å². The zero-order valence-corrected chi connectivity index (χ0v) is 8.49. The van der Waals surface area contributed by atoms with Crippen LogP contribution in [0.15, 0.2) is 18.2 Å². The van der Waals surface area contributed by atoms with Gasteiger partial charge in [0.05, 0.1) is 0 Å². The normalized spacial score (nSPS) is 10.4. The molecule has 0 atom stereocenters. The molecule has 0 unspecified atom stereocenters. The van der Waals surface area contributed by atoms with Gasteiger partial charge in [-0.25, -0.2) is 4.39 Å². The molecular weight excluding hydrogens is 211 g/mol. The maximum absolute atomic E-state index is 13.2. The molecule has 0 saturated heterocycles. The van der Waals surface area contributed by atoms with Crippen LogP contribution in [0, 0.1) is 12.7 Å². The summed E-state index contributed by atoms with van der Waals surface area (Å²) in [5.41, 5.74) is 6.58. The maximum Gasteiger partial charge on any atom is 0.271 e. The van der Waals surface area contributed by atoms with Crippen LogP contribution in [0.5, 0.6) is 0 Å². The number of nitrogens with one attached hydrogen (secondary N) is 1. The smallest absolute Gasteiger partial charge is 0.271 e. The van der Waals surface area contributed by atoms with Gasteiger partial charge in [0, 0.05) is 5.56 Å². The van der Waals surface area contributed by atoms with Gasteiger partial charge < -0.3 is 5.73 Å². The third-order valence-corrected chi connectivity index (χ3v) is 2.10. The SMILES string of the molecule is Cc1cc(F)cc(-c2n[nH]nc2C(N)=O)c1. The van der Waals surface area contributed by atoms with Crippen LogP contribution in [0.1, 0.15) is 16.1 Å². The molecular formula is C10H9FN4O. The van der Waals surface area contributed by atoms with Gasteiger partial charge in [0.25, 0.3) is 5.91 Å². The topological polar surface area (TPSA) is 84.7 Å². The van der Waals surface area contributed by atoms with E-state index in [0.717, 1.165) is 5.56 Å². The number of H-pyrrole nitrogens is 1. The van der Waals surface area contributed by atoms with Crippen molar-refractivity contribution in [3.05, 3.63) is 35.3 Å². The Morgan fingerprint density at radius 1 is 1.38 bits per heavy atom. The van der Waals surface area contributed by atoms with Gasteiger partial charge in [-0.15, -0.1) is 0 Å². The summed E-state index contributed by atoms with van der Waals surface area (Å²) in [4.78, 5) is 11.0. The predicted molar refractivity (Wildman–Crippen MR) is 55.0 cm³/mol. The van der Waals surface area contributed by atoms with Crippen LogP contribution in [-0.2, 0) is 0 Å². The van der Waals surface area contributed by atoms with E-state index < -0.39 is 11.7 Å². The van der Waals surface area contributed by atoms with Crippen LogP contribution in [-0.4, -0.2) is 21.3 Å². The Kier molecular flexibility index (Phi) is 2.40. The molecule has 1 amide bonds. The van der Waals surface area contributed by atoms with E-state index in [2.05, 4.69) is 15.4 Å². The fourth-order valence-corrected chi connectivity index (χ4v) is 1.48. The van der Waals surface area contributed by atoms with Gasteiger partial charge in [0.15, 0.2) is 5.69 Å². The molecule has 3 N–H and O–H groups in total. The molecule has 16 heavy (non-hydrogen) atoms. The number of rotatable bonds is 2. The number of carbonyl (C=O) groups is 1. The summed E-state index contributed by atoms with van der Waals surface area (Å²) in [6.45, 7) is 1.75. The van der Waals surface area contributed by atoms with Crippen LogP contribution in [0.2, 0.25) is 0 Å². The molecule has 2 rings (SSSR count). The molecule has 0 aliphatic rings. The van der Waals surface area contributed by atoms with E-state index in [4.69, 9.17) is 5.73 Å². The number of primary amides is 1. The van der Waals surface area contributed by atoms with E-state index in [1.807, 2.05) is 0 Å². The standard InChI is InChI=1S/C10H9FN4O/c1-5-2-6(4-7(11)3-5)8-9(10(12)16)14-15-13-8/h2-4H,1H3,(H2,12,16)(H,13,14,15). The van der Waals surface area contributed by atoms with Gasteiger partial charge in [-0.05, 0) is 30.7 Å². The minimum atomic E-state index is -0.703. The van der Waals surface area contributed by atoms with E-state index in [0.29, 0.717) is 5.56 Å². The first-order valence-corrected chi connectivity index (χ1v) is 4.56.